The minimum absolute atomic E-state index is 0.0710. The Hall–Kier alpha value is -1.94. The van der Waals surface area contributed by atoms with Crippen LogP contribution in [0.4, 0.5) is 0 Å². The molecule has 1 fully saturated rings. The highest BCUT2D eigenvalue weighted by atomic mass is 32.2. The Kier molecular flexibility index (Phi) is 22.7. The molecule has 2 rings (SSSR count). The first kappa shape index (κ1) is 34.7. The van der Waals surface area contributed by atoms with Crippen molar-refractivity contribution in [1.82, 2.24) is 9.80 Å². The minimum atomic E-state index is -0.412. The number of likely N-dealkylation sites (tertiary alicyclic amines) is 1. The molecule has 184 valence electrons. The highest BCUT2D eigenvalue weighted by Crippen LogP contribution is 2.24. The second-order valence-corrected chi connectivity index (χ2v) is 7.89. The van der Waals surface area contributed by atoms with Crippen LogP contribution in [0, 0.1) is 0 Å². The Morgan fingerprint density at radius 2 is 1.28 bits per heavy atom. The molecular weight excluding hydrogens is 452 g/mol. The Labute approximate surface area is 201 Å². The van der Waals surface area contributed by atoms with Gasteiger partial charge in [-0.3, -0.25) is 38.6 Å². The first-order valence-electron chi connectivity index (χ1n) is 10.7. The first-order chi connectivity index (χ1) is 15.1. The van der Waals surface area contributed by atoms with Crippen molar-refractivity contribution < 1.29 is 28.8 Å². The normalized spacial score (nSPS) is 16.1. The molecule has 0 aromatic rings. The average Bonchev–Trinajstić information content (AvgIpc) is 3.19. The van der Waals surface area contributed by atoms with E-state index in [1.54, 1.807) is 0 Å². The molecule has 32 heavy (non-hydrogen) atoms. The van der Waals surface area contributed by atoms with Crippen molar-refractivity contribution in [3.8, 4) is 0 Å². The molecule has 0 saturated carbocycles. The molecule has 0 aromatic carbocycles. The van der Waals surface area contributed by atoms with E-state index in [4.69, 9.17) is 0 Å². The minimum Gasteiger partial charge on any atom is -0.298 e. The van der Waals surface area contributed by atoms with E-state index in [2.05, 4.69) is 12.6 Å². The van der Waals surface area contributed by atoms with Gasteiger partial charge in [-0.2, -0.15) is 12.6 Å². The largest absolute Gasteiger partial charge is 0.298 e. The lowest BCUT2D eigenvalue weighted by molar-refractivity contribution is -0.141. The molecule has 10 heteroatoms. The molecule has 0 spiro atoms. The van der Waals surface area contributed by atoms with Gasteiger partial charge >= 0.3 is 0 Å². The molecule has 0 aromatic heterocycles. The van der Waals surface area contributed by atoms with E-state index in [1.807, 2.05) is 41.5 Å². The fraction of sp³-hybridized carbons (Fsp3) is 0.636. The number of Topliss-reactive ketones (excluding diaryl/α,β-unsaturated/α-hetero) is 2. The topological polar surface area (TPSA) is 109 Å². The lowest BCUT2D eigenvalue weighted by Crippen LogP contribution is -2.35. The van der Waals surface area contributed by atoms with E-state index in [0.29, 0.717) is 0 Å². The van der Waals surface area contributed by atoms with Crippen molar-refractivity contribution in [3.63, 3.8) is 0 Å². The molecule has 2 heterocycles. The maximum atomic E-state index is 11.6. The standard InChI is InChI=1S/C9H13NO3S.C7H7NO3.C2H6S.2C2H6/c1-3-14-7-4-8(12)10(9(7)13)5-6(2)11;1-5(9)4-8-6(10)2-3-7(8)11;1-2-3;2*1-2/h7H,3-5H2,1-2H3;2-3H,4H2,1H3;3H,2H2,1H3;2*1-2H3. The lowest BCUT2D eigenvalue weighted by Gasteiger charge is -2.11. The molecule has 1 saturated heterocycles. The summed E-state index contributed by atoms with van der Waals surface area (Å²) in [5.74, 6) is 0.130. The number of carbonyl (C=O) groups is 6. The number of amides is 4. The zero-order valence-corrected chi connectivity index (χ0v) is 22.2. The molecule has 0 aliphatic carbocycles. The van der Waals surface area contributed by atoms with E-state index in [0.717, 1.165) is 33.5 Å². The van der Waals surface area contributed by atoms with Gasteiger partial charge in [-0.1, -0.05) is 41.5 Å². The predicted molar refractivity (Wildman–Crippen MR) is 133 cm³/mol. The fourth-order valence-electron chi connectivity index (χ4n) is 2.18. The average molecular weight is 491 g/mol. The van der Waals surface area contributed by atoms with Crippen LogP contribution in [0.15, 0.2) is 12.2 Å². The van der Waals surface area contributed by atoms with Gasteiger partial charge in [0.1, 0.15) is 11.6 Å². The van der Waals surface area contributed by atoms with E-state index >= 15 is 0 Å². The Bertz CT molecular complexity index is 647. The third-order valence-electron chi connectivity index (χ3n) is 3.23. The smallest absolute Gasteiger partial charge is 0.254 e. The predicted octanol–water partition coefficient (Wildman–Crippen LogP) is 2.94. The van der Waals surface area contributed by atoms with Crippen LogP contribution in [-0.2, 0) is 28.8 Å². The van der Waals surface area contributed by atoms with Crippen molar-refractivity contribution in [2.75, 3.05) is 24.6 Å². The number of nitrogens with zero attached hydrogens (tertiary/aromatic N) is 2. The number of rotatable bonds is 6. The summed E-state index contributed by atoms with van der Waals surface area (Å²) in [6.07, 6.45) is 2.56. The van der Waals surface area contributed by atoms with E-state index in [1.165, 1.54) is 25.6 Å². The summed E-state index contributed by atoms with van der Waals surface area (Å²) in [5.41, 5.74) is 0. The molecule has 4 amide bonds. The van der Waals surface area contributed by atoms with E-state index in [-0.39, 0.29) is 48.1 Å². The third-order valence-corrected chi connectivity index (χ3v) is 4.34. The summed E-state index contributed by atoms with van der Waals surface area (Å²) in [7, 11) is 0. The summed E-state index contributed by atoms with van der Waals surface area (Å²) in [4.78, 5) is 67.8. The van der Waals surface area contributed by atoms with Crippen LogP contribution in [0.5, 0.6) is 0 Å². The van der Waals surface area contributed by atoms with Crippen molar-refractivity contribution in [3.05, 3.63) is 12.2 Å². The van der Waals surface area contributed by atoms with Crippen molar-refractivity contribution in [1.29, 1.82) is 0 Å². The number of imide groups is 2. The van der Waals surface area contributed by atoms with Gasteiger partial charge in [-0.15, -0.1) is 11.8 Å². The summed E-state index contributed by atoms with van der Waals surface area (Å²) < 4.78 is 0. The molecule has 2 aliphatic heterocycles. The van der Waals surface area contributed by atoms with E-state index < -0.39 is 11.8 Å². The van der Waals surface area contributed by atoms with Crippen LogP contribution in [0.1, 0.15) is 61.8 Å². The number of hydrogen-bond acceptors (Lipinski definition) is 8. The number of thioether (sulfide) groups is 1. The Morgan fingerprint density at radius 1 is 0.906 bits per heavy atom. The second kappa shape index (κ2) is 20.9. The molecule has 0 bridgehead atoms. The Morgan fingerprint density at radius 3 is 1.62 bits per heavy atom. The molecule has 1 unspecified atom stereocenters. The van der Waals surface area contributed by atoms with Gasteiger partial charge in [0.2, 0.25) is 11.8 Å². The number of ketones is 2. The van der Waals surface area contributed by atoms with Crippen LogP contribution in [0.3, 0.4) is 0 Å². The van der Waals surface area contributed by atoms with Gasteiger partial charge in [0.15, 0.2) is 0 Å². The molecule has 0 radical (unpaired) electrons. The molecule has 8 nitrogen and oxygen atoms in total. The number of carbonyl (C=O) groups excluding carboxylic acids is 6. The monoisotopic (exact) mass is 490 g/mol. The van der Waals surface area contributed by atoms with Crippen LogP contribution in [0.25, 0.3) is 0 Å². The summed E-state index contributed by atoms with van der Waals surface area (Å²) in [5, 5.41) is -0.271. The van der Waals surface area contributed by atoms with Gasteiger partial charge in [0.05, 0.1) is 18.3 Å². The molecule has 2 aliphatic rings. The van der Waals surface area contributed by atoms with Crippen LogP contribution in [0.2, 0.25) is 0 Å². The number of hydrogen-bond donors (Lipinski definition) is 1. The maximum absolute atomic E-state index is 11.6. The fourth-order valence-corrected chi connectivity index (χ4v) is 3.12. The molecular formula is C22H38N2O6S2. The molecule has 0 N–H and O–H groups in total. The highest BCUT2D eigenvalue weighted by Gasteiger charge is 2.38. The lowest BCUT2D eigenvalue weighted by atomic mass is 10.4. The summed E-state index contributed by atoms with van der Waals surface area (Å²) in [6.45, 7) is 14.4. The van der Waals surface area contributed by atoms with Crippen molar-refractivity contribution >= 4 is 59.6 Å². The zero-order chi connectivity index (χ0) is 25.9. The highest BCUT2D eigenvalue weighted by molar-refractivity contribution is 8.00. The van der Waals surface area contributed by atoms with Gasteiger partial charge < -0.3 is 0 Å². The summed E-state index contributed by atoms with van der Waals surface area (Å²) >= 11 is 5.25. The quantitative estimate of drug-likeness (QED) is 0.450. The van der Waals surface area contributed by atoms with Crippen LogP contribution in [-0.4, -0.2) is 74.8 Å². The third kappa shape index (κ3) is 14.2. The first-order valence-corrected chi connectivity index (χ1v) is 12.4. The van der Waals surface area contributed by atoms with Gasteiger partial charge in [-0.05, 0) is 25.4 Å². The van der Waals surface area contributed by atoms with Crippen LogP contribution >= 0.6 is 24.4 Å². The van der Waals surface area contributed by atoms with Gasteiger partial charge in [0, 0.05) is 18.6 Å². The van der Waals surface area contributed by atoms with Crippen LogP contribution < -0.4 is 0 Å². The van der Waals surface area contributed by atoms with Gasteiger partial charge in [-0.25, -0.2) is 0 Å². The second-order valence-electron chi connectivity index (χ2n) is 5.78. The van der Waals surface area contributed by atoms with Gasteiger partial charge in [0.25, 0.3) is 11.8 Å². The SMILES string of the molecule is CC.CC.CC(=O)CN1C(=O)C=CC1=O.CCS.CCSC1CC(=O)N(CC(C)=O)C1=O. The van der Waals surface area contributed by atoms with Crippen molar-refractivity contribution in [2.24, 2.45) is 0 Å². The van der Waals surface area contributed by atoms with Crippen molar-refractivity contribution in [2.45, 2.75) is 67.1 Å². The van der Waals surface area contributed by atoms with E-state index in [9.17, 15) is 28.8 Å². The maximum Gasteiger partial charge on any atom is 0.254 e. The zero-order valence-electron chi connectivity index (χ0n) is 20.5. The summed E-state index contributed by atoms with van der Waals surface area (Å²) in [6, 6.07) is 0. The molecule has 1 atom stereocenters. The number of thiol groups is 1. The Balaban J connectivity index is -0.000000417.